The predicted octanol–water partition coefficient (Wildman–Crippen LogP) is 6.72. The normalized spacial score (nSPS) is 17.8. The van der Waals surface area contributed by atoms with Gasteiger partial charge in [0.2, 0.25) is 5.90 Å². The number of amides is 1. The zero-order chi connectivity index (χ0) is 29.4. The maximum Gasteiger partial charge on any atom is 0.252 e. The molecule has 4 aromatic rings. The maximum atomic E-state index is 14.3. The Morgan fingerprint density at radius 1 is 1.00 bits per heavy atom. The molecule has 0 unspecified atom stereocenters. The van der Waals surface area contributed by atoms with Gasteiger partial charge in [0.15, 0.2) is 11.6 Å². The number of nitrogens with one attached hydrogen (secondary N) is 1. The number of nitrogens with zero attached hydrogens (tertiary/aromatic N) is 1. The maximum absolute atomic E-state index is 14.3. The van der Waals surface area contributed by atoms with Crippen LogP contribution in [0.5, 0.6) is 5.75 Å². The molecule has 5 rings (SSSR count). The molecular weight excluding hydrogens is 616 g/mol. The zero-order valence-electron chi connectivity index (χ0n) is 23.0. The largest absolute Gasteiger partial charge is 0.494 e. The summed E-state index contributed by atoms with van der Waals surface area (Å²) in [6.07, 6.45) is 0.846. The number of aliphatic hydroxyl groups excluding tert-OH is 1. The summed E-state index contributed by atoms with van der Waals surface area (Å²) >= 11 is 9.85. The van der Waals surface area contributed by atoms with Gasteiger partial charge in [0.05, 0.1) is 6.61 Å². The highest BCUT2D eigenvalue weighted by Gasteiger charge is 2.53. The summed E-state index contributed by atoms with van der Waals surface area (Å²) in [5.41, 5.74) is 2.31. The van der Waals surface area contributed by atoms with Gasteiger partial charge in [-0.2, -0.15) is 0 Å². The van der Waals surface area contributed by atoms with Gasteiger partial charge in [-0.3, -0.25) is 4.79 Å². The Hall–Kier alpha value is -3.65. The monoisotopic (exact) mass is 646 g/mol. The first-order chi connectivity index (χ1) is 20.5. The molecule has 0 saturated carbocycles. The molecule has 1 aliphatic heterocycles. The minimum atomic E-state index is -1.27. The van der Waals surface area contributed by atoms with Gasteiger partial charge < -0.3 is 19.9 Å². The van der Waals surface area contributed by atoms with E-state index in [9.17, 15) is 4.79 Å². The molecule has 0 aromatic heterocycles. The second-order valence-corrected chi connectivity index (χ2v) is 11.4. The third-order valence-electron chi connectivity index (χ3n) is 7.14. The first-order valence-electron chi connectivity index (χ1n) is 13.9. The van der Waals surface area contributed by atoms with Crippen LogP contribution in [0.4, 0.5) is 0 Å². The van der Waals surface area contributed by atoms with E-state index in [1.807, 2.05) is 103 Å². The van der Waals surface area contributed by atoms with Gasteiger partial charge >= 0.3 is 0 Å². The van der Waals surface area contributed by atoms with Crippen LogP contribution in [0.3, 0.4) is 0 Å². The van der Waals surface area contributed by atoms with E-state index in [0.29, 0.717) is 49.1 Å². The summed E-state index contributed by atoms with van der Waals surface area (Å²) in [5.74, 6) is 0.861. The summed E-state index contributed by atoms with van der Waals surface area (Å²) in [6, 6.07) is 32.7. The molecule has 6 nitrogen and oxygen atoms in total. The minimum absolute atomic E-state index is 0.0738. The van der Waals surface area contributed by atoms with E-state index in [4.69, 9.17) is 31.2 Å². The fourth-order valence-corrected chi connectivity index (χ4v) is 5.65. The number of benzene rings is 4. The molecule has 4 aromatic carbocycles. The van der Waals surface area contributed by atoms with Gasteiger partial charge in [-0.1, -0.05) is 88.2 Å². The number of rotatable bonds is 12. The zero-order valence-corrected chi connectivity index (χ0v) is 25.4. The van der Waals surface area contributed by atoms with Crippen molar-refractivity contribution in [1.29, 1.82) is 0 Å². The van der Waals surface area contributed by atoms with Crippen LogP contribution in [-0.2, 0) is 22.4 Å². The predicted molar refractivity (Wildman–Crippen MR) is 169 cm³/mol. The first kappa shape index (κ1) is 29.8. The standard InChI is InChI=1S/C34H32BrClN2O4/c35-30-13-5-4-11-27(30)23-34(33(40)37-19-18-24-8-6-12-28(36)22-24)31(25-9-2-1-3-10-25)42-32(38-34)26-14-16-29(17-15-26)41-21-7-20-39/h1-6,8-17,22,31,39H,7,18-21,23H2,(H,37,40)/t31-,34-/m1/s1. The highest BCUT2D eigenvalue weighted by molar-refractivity contribution is 9.10. The number of ether oxygens (including phenoxy) is 2. The van der Waals surface area contributed by atoms with Gasteiger partial charge in [0, 0.05) is 41.1 Å². The van der Waals surface area contributed by atoms with E-state index in [1.54, 1.807) is 0 Å². The molecule has 2 N–H and O–H groups in total. The van der Waals surface area contributed by atoms with Crippen molar-refractivity contribution in [2.24, 2.45) is 4.99 Å². The fourth-order valence-electron chi connectivity index (χ4n) is 5.01. The highest BCUT2D eigenvalue weighted by atomic mass is 79.9. The summed E-state index contributed by atoms with van der Waals surface area (Å²) in [5, 5.41) is 12.9. The van der Waals surface area contributed by atoms with Crippen molar-refractivity contribution >= 4 is 39.3 Å². The van der Waals surface area contributed by atoms with E-state index in [2.05, 4.69) is 21.2 Å². The van der Waals surface area contributed by atoms with Crippen LogP contribution >= 0.6 is 27.5 Å². The lowest BCUT2D eigenvalue weighted by Gasteiger charge is -2.31. The van der Waals surface area contributed by atoms with Crippen LogP contribution < -0.4 is 10.1 Å². The molecule has 1 aliphatic rings. The molecular formula is C34H32BrClN2O4. The van der Waals surface area contributed by atoms with Crippen LogP contribution in [0.25, 0.3) is 0 Å². The van der Waals surface area contributed by atoms with E-state index < -0.39 is 11.6 Å². The van der Waals surface area contributed by atoms with Crippen molar-refractivity contribution in [3.05, 3.63) is 135 Å². The van der Waals surface area contributed by atoms with Crippen molar-refractivity contribution in [3.8, 4) is 5.75 Å². The number of aliphatic imine (C=N–C) groups is 1. The average Bonchev–Trinajstić information content (AvgIpc) is 3.40. The summed E-state index contributed by atoms with van der Waals surface area (Å²) < 4.78 is 13.2. The second kappa shape index (κ2) is 14.0. The van der Waals surface area contributed by atoms with Crippen LogP contribution in [-0.4, -0.2) is 42.2 Å². The first-order valence-corrected chi connectivity index (χ1v) is 15.1. The van der Waals surface area contributed by atoms with Gasteiger partial charge in [0.25, 0.3) is 5.91 Å². The molecule has 0 spiro atoms. The number of carbonyl (C=O) groups excluding carboxylic acids is 1. The SMILES string of the molecule is O=C(NCCc1cccc(Cl)c1)[C@]1(Cc2ccccc2Br)N=C(c2ccc(OCCCO)cc2)O[C@@H]1c1ccccc1. The Morgan fingerprint density at radius 3 is 2.50 bits per heavy atom. The van der Waals surface area contributed by atoms with Crippen LogP contribution in [0.2, 0.25) is 5.02 Å². The number of aliphatic hydroxyl groups is 1. The van der Waals surface area contributed by atoms with Gasteiger partial charge in [-0.15, -0.1) is 0 Å². The Bertz CT molecular complexity index is 1530. The van der Waals surface area contributed by atoms with Crippen LogP contribution in [0.1, 0.15) is 34.8 Å². The molecule has 1 heterocycles. The topological polar surface area (TPSA) is 80.2 Å². The number of hydrogen-bond donors (Lipinski definition) is 2. The Morgan fingerprint density at radius 2 is 1.76 bits per heavy atom. The van der Waals surface area contributed by atoms with Crippen molar-refractivity contribution in [3.63, 3.8) is 0 Å². The smallest absolute Gasteiger partial charge is 0.252 e. The number of halogens is 2. The molecule has 0 fully saturated rings. The molecule has 42 heavy (non-hydrogen) atoms. The van der Waals surface area contributed by atoms with Gasteiger partial charge in [-0.25, -0.2) is 4.99 Å². The van der Waals surface area contributed by atoms with E-state index >= 15 is 0 Å². The van der Waals surface area contributed by atoms with E-state index in [-0.39, 0.29) is 12.5 Å². The third-order valence-corrected chi connectivity index (χ3v) is 8.15. The summed E-state index contributed by atoms with van der Waals surface area (Å²) in [6.45, 7) is 0.918. The summed E-state index contributed by atoms with van der Waals surface area (Å²) in [7, 11) is 0. The lowest BCUT2D eigenvalue weighted by Crippen LogP contribution is -2.50. The lowest BCUT2D eigenvalue weighted by atomic mass is 9.82. The van der Waals surface area contributed by atoms with Crippen LogP contribution in [0, 0.1) is 0 Å². The fraction of sp³-hybridized carbons (Fsp3) is 0.235. The van der Waals surface area contributed by atoms with Gasteiger partial charge in [0.1, 0.15) is 5.75 Å². The Labute approximate surface area is 259 Å². The lowest BCUT2D eigenvalue weighted by molar-refractivity contribution is -0.128. The quantitative estimate of drug-likeness (QED) is 0.167. The molecule has 216 valence electrons. The Kier molecular flexibility index (Phi) is 9.95. The number of hydrogen-bond acceptors (Lipinski definition) is 5. The van der Waals surface area contributed by atoms with E-state index in [0.717, 1.165) is 26.7 Å². The van der Waals surface area contributed by atoms with Crippen molar-refractivity contribution in [1.82, 2.24) is 5.32 Å². The van der Waals surface area contributed by atoms with Crippen molar-refractivity contribution in [2.45, 2.75) is 30.9 Å². The molecule has 0 saturated heterocycles. The summed E-state index contributed by atoms with van der Waals surface area (Å²) in [4.78, 5) is 19.4. The highest BCUT2D eigenvalue weighted by Crippen LogP contribution is 2.43. The molecule has 0 bridgehead atoms. The van der Waals surface area contributed by atoms with Crippen molar-refractivity contribution in [2.75, 3.05) is 19.8 Å². The third kappa shape index (κ3) is 7.04. The number of carbonyl (C=O) groups is 1. The molecule has 1 amide bonds. The van der Waals surface area contributed by atoms with Crippen molar-refractivity contribution < 1.29 is 19.4 Å². The Balaban J connectivity index is 1.50. The molecule has 0 aliphatic carbocycles. The van der Waals surface area contributed by atoms with E-state index in [1.165, 1.54) is 0 Å². The van der Waals surface area contributed by atoms with Gasteiger partial charge in [-0.05, 0) is 65.6 Å². The molecule has 8 heteroatoms. The van der Waals surface area contributed by atoms with Crippen LogP contribution in [0.15, 0.2) is 113 Å². The molecule has 2 atom stereocenters. The average molecular weight is 648 g/mol. The minimum Gasteiger partial charge on any atom is -0.494 e. The second-order valence-electron chi connectivity index (χ2n) is 10.1. The molecule has 0 radical (unpaired) electrons.